The van der Waals surface area contributed by atoms with Gasteiger partial charge in [0, 0.05) is 25.2 Å². The fourth-order valence-corrected chi connectivity index (χ4v) is 7.28. The summed E-state index contributed by atoms with van der Waals surface area (Å²) in [5.74, 6) is 1.05. The highest BCUT2D eigenvalue weighted by atomic mass is 32.1. The van der Waals surface area contributed by atoms with E-state index in [9.17, 15) is 9.90 Å². The molecule has 3 aliphatic rings. The number of piperidine rings is 2. The molecule has 0 spiro atoms. The number of amides is 1. The summed E-state index contributed by atoms with van der Waals surface area (Å²) < 4.78 is 5.46. The first-order valence-electron chi connectivity index (χ1n) is 12.5. The van der Waals surface area contributed by atoms with E-state index in [1.165, 1.54) is 32.1 Å². The van der Waals surface area contributed by atoms with Crippen LogP contribution < -0.4 is 4.74 Å². The molecule has 5 rings (SSSR count). The average Bonchev–Trinajstić information content (AvgIpc) is 3.43. The molecule has 2 bridgehead atoms. The van der Waals surface area contributed by atoms with E-state index in [1.54, 1.807) is 18.4 Å². The number of hydrogen-bond acceptors (Lipinski definition) is 5. The fourth-order valence-electron chi connectivity index (χ4n) is 6.26. The Hall–Kier alpha value is -1.89. The van der Waals surface area contributed by atoms with Crippen LogP contribution in [0.3, 0.4) is 0 Å². The Morgan fingerprint density at radius 1 is 1.12 bits per heavy atom. The number of nitrogens with zero attached hydrogens (tertiary/aromatic N) is 2. The van der Waals surface area contributed by atoms with Gasteiger partial charge in [-0.3, -0.25) is 4.79 Å². The number of rotatable bonds is 7. The van der Waals surface area contributed by atoms with E-state index in [2.05, 4.69) is 34.1 Å². The van der Waals surface area contributed by atoms with Gasteiger partial charge in [-0.15, -0.1) is 11.3 Å². The molecule has 2 aromatic rings. The molecule has 3 fully saturated rings. The SMILES string of the molecule is COc1ccsc1C1(O)CCN(CCC(C(=O)N2C3CCCC2CC3)c2ccccc2)CC1. The monoisotopic (exact) mass is 468 g/mol. The Kier molecular flexibility index (Phi) is 6.77. The fraction of sp³-hybridized carbons (Fsp3) is 0.593. The van der Waals surface area contributed by atoms with Gasteiger partial charge in [-0.25, -0.2) is 0 Å². The molecule has 5 nitrogen and oxygen atoms in total. The molecule has 1 amide bonds. The van der Waals surface area contributed by atoms with Crippen LogP contribution in [-0.4, -0.2) is 59.6 Å². The van der Waals surface area contributed by atoms with E-state index in [4.69, 9.17) is 4.74 Å². The summed E-state index contributed by atoms with van der Waals surface area (Å²) in [5, 5.41) is 13.3. The molecular formula is C27H36N2O3S. The van der Waals surface area contributed by atoms with Gasteiger partial charge < -0.3 is 19.6 Å². The summed E-state index contributed by atoms with van der Waals surface area (Å²) in [4.78, 5) is 19.4. The van der Waals surface area contributed by atoms with Gasteiger partial charge in [-0.1, -0.05) is 30.3 Å². The second kappa shape index (κ2) is 9.77. The van der Waals surface area contributed by atoms with Crippen LogP contribution in [0.15, 0.2) is 41.8 Å². The number of carbonyl (C=O) groups is 1. The van der Waals surface area contributed by atoms with Crippen LogP contribution in [0.5, 0.6) is 5.75 Å². The number of methoxy groups -OCH3 is 1. The predicted molar refractivity (Wildman–Crippen MR) is 132 cm³/mol. The molecule has 1 aromatic heterocycles. The highest BCUT2D eigenvalue weighted by Crippen LogP contribution is 2.42. The molecule has 1 N–H and O–H groups in total. The number of likely N-dealkylation sites (tertiary alicyclic amines) is 1. The van der Waals surface area contributed by atoms with Gasteiger partial charge in [0.15, 0.2) is 0 Å². The smallest absolute Gasteiger partial charge is 0.230 e. The molecule has 1 aromatic carbocycles. The standard InChI is InChI=1S/C27H36N2O3S/c1-32-24-13-19-33-25(24)27(31)14-17-28(18-15-27)16-12-23(20-6-3-2-4-7-20)26(30)29-21-8-5-9-22(29)11-10-21/h2-4,6-7,13,19,21-23,31H,5,8-12,14-18H2,1H3. The van der Waals surface area contributed by atoms with E-state index < -0.39 is 5.60 Å². The van der Waals surface area contributed by atoms with E-state index in [0.29, 0.717) is 30.8 Å². The van der Waals surface area contributed by atoms with E-state index in [0.717, 1.165) is 42.2 Å². The van der Waals surface area contributed by atoms with Crippen LogP contribution in [0.25, 0.3) is 0 Å². The van der Waals surface area contributed by atoms with E-state index in [-0.39, 0.29) is 5.92 Å². The number of ether oxygens (including phenoxy) is 1. The van der Waals surface area contributed by atoms with Crippen molar-refractivity contribution in [3.05, 3.63) is 52.2 Å². The maximum Gasteiger partial charge on any atom is 0.230 e. The third kappa shape index (κ3) is 4.58. The lowest BCUT2D eigenvalue weighted by atomic mass is 9.88. The van der Waals surface area contributed by atoms with Gasteiger partial charge in [0.05, 0.1) is 17.9 Å². The Morgan fingerprint density at radius 2 is 1.82 bits per heavy atom. The normalized spacial score (nSPS) is 25.7. The molecule has 178 valence electrons. The molecule has 3 saturated heterocycles. The van der Waals surface area contributed by atoms with Crippen molar-refractivity contribution in [1.29, 1.82) is 0 Å². The maximum absolute atomic E-state index is 13.8. The Morgan fingerprint density at radius 3 is 2.48 bits per heavy atom. The third-order valence-electron chi connectivity index (χ3n) is 8.14. The summed E-state index contributed by atoms with van der Waals surface area (Å²) in [5.41, 5.74) is 0.335. The van der Waals surface area contributed by atoms with Crippen molar-refractivity contribution in [2.24, 2.45) is 0 Å². The van der Waals surface area contributed by atoms with Crippen LogP contribution in [0, 0.1) is 0 Å². The zero-order valence-electron chi connectivity index (χ0n) is 19.6. The van der Waals surface area contributed by atoms with Crippen molar-refractivity contribution in [3.8, 4) is 5.75 Å². The molecular weight excluding hydrogens is 432 g/mol. The summed E-state index contributed by atoms with van der Waals surface area (Å²) in [6.45, 7) is 2.55. The molecule has 3 atom stereocenters. The van der Waals surface area contributed by atoms with Crippen molar-refractivity contribution in [3.63, 3.8) is 0 Å². The Balaban J connectivity index is 1.25. The summed E-state index contributed by atoms with van der Waals surface area (Å²) in [7, 11) is 1.67. The van der Waals surface area contributed by atoms with E-state index in [1.807, 2.05) is 17.5 Å². The number of aliphatic hydroxyl groups is 1. The quantitative estimate of drug-likeness (QED) is 0.637. The van der Waals surface area contributed by atoms with Crippen LogP contribution in [-0.2, 0) is 10.4 Å². The lowest BCUT2D eigenvalue weighted by molar-refractivity contribution is -0.137. The van der Waals surface area contributed by atoms with Crippen LogP contribution in [0.1, 0.15) is 67.7 Å². The molecule has 33 heavy (non-hydrogen) atoms. The highest BCUT2D eigenvalue weighted by molar-refractivity contribution is 7.10. The van der Waals surface area contributed by atoms with Gasteiger partial charge in [-0.2, -0.15) is 0 Å². The number of fused-ring (bicyclic) bond motifs is 2. The average molecular weight is 469 g/mol. The largest absolute Gasteiger partial charge is 0.495 e. The molecule has 3 aliphatic heterocycles. The summed E-state index contributed by atoms with van der Waals surface area (Å²) in [6.07, 6.45) is 8.18. The van der Waals surface area contributed by atoms with Crippen molar-refractivity contribution < 1.29 is 14.6 Å². The Labute approximate surface area is 201 Å². The molecule has 3 unspecified atom stereocenters. The molecule has 0 saturated carbocycles. The molecule has 0 aliphatic carbocycles. The summed E-state index contributed by atoms with van der Waals surface area (Å²) >= 11 is 1.58. The number of thiophene rings is 1. The predicted octanol–water partition coefficient (Wildman–Crippen LogP) is 4.76. The number of carbonyl (C=O) groups excluding carboxylic acids is 1. The van der Waals surface area contributed by atoms with Gasteiger partial charge in [0.1, 0.15) is 11.4 Å². The van der Waals surface area contributed by atoms with Crippen LogP contribution in [0.4, 0.5) is 0 Å². The van der Waals surface area contributed by atoms with Gasteiger partial charge >= 0.3 is 0 Å². The third-order valence-corrected chi connectivity index (χ3v) is 9.23. The highest BCUT2D eigenvalue weighted by Gasteiger charge is 2.42. The van der Waals surface area contributed by atoms with Gasteiger partial charge in [0.2, 0.25) is 5.91 Å². The van der Waals surface area contributed by atoms with Crippen LogP contribution >= 0.6 is 11.3 Å². The van der Waals surface area contributed by atoms with E-state index >= 15 is 0 Å². The summed E-state index contributed by atoms with van der Waals surface area (Å²) in [6, 6.07) is 13.2. The molecule has 4 heterocycles. The second-order valence-electron chi connectivity index (χ2n) is 10.0. The lowest BCUT2D eigenvalue weighted by Gasteiger charge is -2.39. The lowest BCUT2D eigenvalue weighted by Crippen LogP contribution is -2.47. The minimum Gasteiger partial charge on any atom is -0.495 e. The van der Waals surface area contributed by atoms with Gasteiger partial charge in [-0.05, 0) is 74.9 Å². The zero-order chi connectivity index (χ0) is 22.8. The first-order valence-corrected chi connectivity index (χ1v) is 13.4. The second-order valence-corrected chi connectivity index (χ2v) is 10.9. The van der Waals surface area contributed by atoms with Crippen molar-refractivity contribution in [1.82, 2.24) is 9.80 Å². The Bertz CT molecular complexity index is 922. The number of hydrogen-bond donors (Lipinski definition) is 1. The first kappa shape index (κ1) is 22.9. The van der Waals surface area contributed by atoms with Crippen molar-refractivity contribution >= 4 is 17.2 Å². The molecule has 6 heteroatoms. The molecule has 0 radical (unpaired) electrons. The van der Waals surface area contributed by atoms with Crippen molar-refractivity contribution in [2.45, 2.75) is 75.0 Å². The van der Waals surface area contributed by atoms with Crippen LogP contribution in [0.2, 0.25) is 0 Å². The van der Waals surface area contributed by atoms with Crippen molar-refractivity contribution in [2.75, 3.05) is 26.7 Å². The zero-order valence-corrected chi connectivity index (χ0v) is 20.4. The minimum atomic E-state index is -0.808. The first-order chi connectivity index (χ1) is 16.1. The minimum absolute atomic E-state index is 0.0781. The van der Waals surface area contributed by atoms with Gasteiger partial charge in [0.25, 0.3) is 0 Å². The number of benzene rings is 1. The topological polar surface area (TPSA) is 53.0 Å². The maximum atomic E-state index is 13.8.